The minimum Gasteiger partial charge on any atom is -0.872 e. The van der Waals surface area contributed by atoms with Gasteiger partial charge >= 0.3 is 0 Å². The molecule has 0 fully saturated rings. The molecule has 22 heavy (non-hydrogen) atoms. The summed E-state index contributed by atoms with van der Waals surface area (Å²) in [5.74, 6) is -0.301. The van der Waals surface area contributed by atoms with Gasteiger partial charge in [-0.25, -0.2) is 5.43 Å². The number of hydrogen-bond donors (Lipinski definition) is 1. The van der Waals surface area contributed by atoms with Crippen molar-refractivity contribution < 1.29 is 14.4 Å². The molecule has 0 aromatic heterocycles. The third-order valence-corrected chi connectivity index (χ3v) is 2.93. The average molecular weight is 322 g/mol. The van der Waals surface area contributed by atoms with Crippen molar-refractivity contribution in [3.8, 4) is 5.75 Å². The van der Waals surface area contributed by atoms with E-state index in [1.165, 1.54) is 12.3 Å². The zero-order valence-electron chi connectivity index (χ0n) is 12.9. The first kappa shape index (κ1) is 17.9. The fourth-order valence-electron chi connectivity index (χ4n) is 2.04. The standard InChI is InChI=1S/C16H19N3O2.ClH/c1-19(2,3)11-16(21)18-17-10-14-13-7-5-4-6-12(13)8-9-15(14)20;/h4-10H,11H2,1-3H3,(H-,17,18,20,21);1H. The maximum absolute atomic E-state index is 11.9. The van der Waals surface area contributed by atoms with Crippen LogP contribution >= 0.6 is 12.4 Å². The molecule has 0 aliphatic heterocycles. The van der Waals surface area contributed by atoms with E-state index in [0.29, 0.717) is 16.6 Å². The second-order valence-electron chi connectivity index (χ2n) is 5.94. The van der Waals surface area contributed by atoms with Crippen LogP contribution in [0.2, 0.25) is 0 Å². The molecule has 1 N–H and O–H groups in total. The quantitative estimate of drug-likeness (QED) is 0.527. The largest absolute Gasteiger partial charge is 0.872 e. The lowest BCUT2D eigenvalue weighted by molar-refractivity contribution is -0.862. The third kappa shape index (κ3) is 4.72. The summed E-state index contributed by atoms with van der Waals surface area (Å²) in [7, 11) is 5.76. The average Bonchev–Trinajstić information content (AvgIpc) is 2.39. The summed E-state index contributed by atoms with van der Waals surface area (Å²) in [4.78, 5) is 11.7. The van der Waals surface area contributed by atoms with Crippen molar-refractivity contribution in [2.24, 2.45) is 5.10 Å². The predicted molar refractivity (Wildman–Crippen MR) is 89.3 cm³/mol. The second kappa shape index (κ2) is 7.24. The molecule has 0 unspecified atom stereocenters. The Balaban J connectivity index is 0.00000242. The first-order valence-electron chi connectivity index (χ1n) is 6.68. The number of likely N-dealkylation sites (N-methyl/N-ethyl adjacent to an activating group) is 1. The van der Waals surface area contributed by atoms with Crippen LogP contribution in [0.4, 0.5) is 0 Å². The zero-order valence-corrected chi connectivity index (χ0v) is 13.7. The summed E-state index contributed by atoms with van der Waals surface area (Å²) in [6.45, 7) is 0.317. The molecule has 1 amide bonds. The molecule has 0 radical (unpaired) electrons. The number of nitrogens with zero attached hydrogens (tertiary/aromatic N) is 2. The van der Waals surface area contributed by atoms with E-state index in [1.807, 2.05) is 45.4 Å². The fourth-order valence-corrected chi connectivity index (χ4v) is 2.04. The van der Waals surface area contributed by atoms with Crippen molar-refractivity contribution in [2.45, 2.75) is 0 Å². The van der Waals surface area contributed by atoms with Gasteiger partial charge in [0.05, 0.1) is 27.4 Å². The topological polar surface area (TPSA) is 64.5 Å². The lowest BCUT2D eigenvalue weighted by Crippen LogP contribution is -2.43. The molecule has 0 atom stereocenters. The number of hydrogen-bond acceptors (Lipinski definition) is 3. The Morgan fingerprint density at radius 1 is 1.23 bits per heavy atom. The maximum atomic E-state index is 11.9. The van der Waals surface area contributed by atoms with Gasteiger partial charge in [-0.2, -0.15) is 5.10 Å². The van der Waals surface area contributed by atoms with E-state index < -0.39 is 0 Å². The van der Waals surface area contributed by atoms with Crippen molar-refractivity contribution in [3.63, 3.8) is 0 Å². The van der Waals surface area contributed by atoms with Crippen molar-refractivity contribution in [3.05, 3.63) is 42.0 Å². The van der Waals surface area contributed by atoms with E-state index in [1.54, 1.807) is 6.07 Å². The van der Waals surface area contributed by atoms with Gasteiger partial charge in [-0.3, -0.25) is 4.79 Å². The Morgan fingerprint density at radius 2 is 1.91 bits per heavy atom. The highest BCUT2D eigenvalue weighted by Crippen LogP contribution is 2.23. The maximum Gasteiger partial charge on any atom is 0.295 e. The summed E-state index contributed by atoms with van der Waals surface area (Å²) in [6.07, 6.45) is 1.41. The zero-order chi connectivity index (χ0) is 15.5. The summed E-state index contributed by atoms with van der Waals surface area (Å²) in [5, 5.41) is 17.6. The number of halogens is 1. The van der Waals surface area contributed by atoms with Crippen LogP contribution in [-0.4, -0.2) is 44.3 Å². The number of rotatable bonds is 4. The number of nitrogens with one attached hydrogen (secondary N) is 1. The monoisotopic (exact) mass is 321 g/mol. The van der Waals surface area contributed by atoms with Crippen LogP contribution in [-0.2, 0) is 4.79 Å². The molecule has 5 nitrogen and oxygen atoms in total. The molecule has 0 heterocycles. The number of carbonyl (C=O) groups is 1. The summed E-state index contributed by atoms with van der Waals surface area (Å²) < 4.78 is 0.516. The molecule has 0 aliphatic rings. The van der Waals surface area contributed by atoms with Gasteiger partial charge in [0.2, 0.25) is 0 Å². The van der Waals surface area contributed by atoms with Gasteiger partial charge < -0.3 is 9.59 Å². The summed E-state index contributed by atoms with van der Waals surface area (Å²) in [6, 6.07) is 10.9. The van der Waals surface area contributed by atoms with Crippen molar-refractivity contribution >= 4 is 35.3 Å². The van der Waals surface area contributed by atoms with Crippen molar-refractivity contribution in [1.29, 1.82) is 0 Å². The Bertz CT molecular complexity index is 693. The molecular weight excluding hydrogens is 302 g/mol. The fraction of sp³-hybridized carbons (Fsp3) is 0.250. The molecular formula is C16H20ClN3O2. The van der Waals surface area contributed by atoms with Gasteiger partial charge in [0.1, 0.15) is 0 Å². The molecule has 2 rings (SSSR count). The molecule has 2 aromatic rings. The van der Waals surface area contributed by atoms with Crippen LogP contribution in [0.15, 0.2) is 41.5 Å². The number of quaternary nitrogens is 1. The Kier molecular flexibility index (Phi) is 5.91. The Morgan fingerprint density at radius 3 is 2.59 bits per heavy atom. The van der Waals surface area contributed by atoms with E-state index in [0.717, 1.165) is 10.8 Å². The summed E-state index contributed by atoms with van der Waals surface area (Å²) >= 11 is 0. The van der Waals surface area contributed by atoms with Crippen LogP contribution in [0, 0.1) is 0 Å². The van der Waals surface area contributed by atoms with E-state index in [2.05, 4.69) is 10.5 Å². The van der Waals surface area contributed by atoms with E-state index in [4.69, 9.17) is 0 Å². The molecule has 0 saturated heterocycles. The van der Waals surface area contributed by atoms with E-state index in [9.17, 15) is 9.90 Å². The number of hydrazone groups is 1. The smallest absolute Gasteiger partial charge is 0.295 e. The second-order valence-corrected chi connectivity index (χ2v) is 5.94. The Hall–Kier alpha value is -2.11. The lowest BCUT2D eigenvalue weighted by Gasteiger charge is -2.22. The lowest BCUT2D eigenvalue weighted by atomic mass is 10.0. The van der Waals surface area contributed by atoms with Crippen LogP contribution in [0.1, 0.15) is 5.56 Å². The van der Waals surface area contributed by atoms with Gasteiger partial charge in [0.15, 0.2) is 6.54 Å². The number of benzene rings is 2. The molecule has 0 saturated carbocycles. The molecule has 6 heteroatoms. The van der Waals surface area contributed by atoms with Gasteiger partial charge in [-0.15, -0.1) is 12.4 Å². The highest BCUT2D eigenvalue weighted by Gasteiger charge is 2.13. The molecule has 0 spiro atoms. The normalized spacial score (nSPS) is 11.4. The predicted octanol–water partition coefficient (Wildman–Crippen LogP) is 1.49. The third-order valence-electron chi connectivity index (χ3n) is 2.93. The first-order chi connectivity index (χ1) is 9.87. The number of fused-ring (bicyclic) bond motifs is 1. The molecule has 118 valence electrons. The van der Waals surface area contributed by atoms with Gasteiger partial charge in [0, 0.05) is 0 Å². The van der Waals surface area contributed by atoms with Crippen molar-refractivity contribution in [1.82, 2.24) is 5.43 Å². The van der Waals surface area contributed by atoms with Gasteiger partial charge in [-0.05, 0) is 16.3 Å². The van der Waals surface area contributed by atoms with Crippen LogP contribution < -0.4 is 10.5 Å². The highest BCUT2D eigenvalue weighted by atomic mass is 35.5. The van der Waals surface area contributed by atoms with E-state index >= 15 is 0 Å². The molecule has 0 bridgehead atoms. The minimum absolute atomic E-state index is 0. The van der Waals surface area contributed by atoms with Gasteiger partial charge in [-0.1, -0.05) is 42.1 Å². The molecule has 2 aromatic carbocycles. The minimum atomic E-state index is -0.188. The number of amides is 1. The SMILES string of the molecule is C[N+](C)(C)CC(=O)N/N=C/c1c([O-])ccc2ccccc12.Cl. The highest BCUT2D eigenvalue weighted by molar-refractivity contribution is 6.02. The number of carbonyl (C=O) groups excluding carboxylic acids is 1. The Labute approximate surface area is 136 Å². The van der Waals surface area contributed by atoms with Gasteiger partial charge in [0.25, 0.3) is 5.91 Å². The van der Waals surface area contributed by atoms with Crippen LogP contribution in [0.25, 0.3) is 10.8 Å². The van der Waals surface area contributed by atoms with Crippen molar-refractivity contribution in [2.75, 3.05) is 27.7 Å². The van der Waals surface area contributed by atoms with Crippen LogP contribution in [0.5, 0.6) is 5.75 Å². The summed E-state index contributed by atoms with van der Waals surface area (Å²) in [5.41, 5.74) is 2.94. The van der Waals surface area contributed by atoms with Crippen LogP contribution in [0.3, 0.4) is 0 Å². The molecule has 0 aliphatic carbocycles. The first-order valence-corrected chi connectivity index (χ1v) is 6.68. The van der Waals surface area contributed by atoms with E-state index in [-0.39, 0.29) is 24.1 Å².